The minimum Gasteiger partial charge on any atom is -0.493 e. The molecule has 142 valence electrons. The van der Waals surface area contributed by atoms with Gasteiger partial charge in [0.1, 0.15) is 0 Å². The van der Waals surface area contributed by atoms with Crippen LogP contribution in [-0.2, 0) is 4.79 Å². The van der Waals surface area contributed by atoms with Crippen LogP contribution in [-0.4, -0.2) is 44.9 Å². The average molecular weight is 367 g/mol. The molecule has 0 saturated heterocycles. The van der Waals surface area contributed by atoms with Gasteiger partial charge in [-0.05, 0) is 35.9 Å². The zero-order chi connectivity index (χ0) is 19.6. The van der Waals surface area contributed by atoms with Gasteiger partial charge in [-0.25, -0.2) is 5.01 Å². The smallest absolute Gasteiger partial charge is 0.240 e. The number of methoxy groups -OCH3 is 2. The number of benzene rings is 2. The fourth-order valence-electron chi connectivity index (χ4n) is 3.25. The summed E-state index contributed by atoms with van der Waals surface area (Å²) >= 11 is 0. The van der Waals surface area contributed by atoms with Crippen LogP contribution in [0.3, 0.4) is 0 Å². The summed E-state index contributed by atoms with van der Waals surface area (Å²) < 4.78 is 10.7. The van der Waals surface area contributed by atoms with E-state index in [1.54, 1.807) is 26.2 Å². The lowest BCUT2D eigenvalue weighted by Crippen LogP contribution is -2.24. The number of anilines is 1. The monoisotopic (exact) mass is 367 g/mol. The molecular formula is C21H25N3O3. The Bertz CT molecular complexity index is 859. The molecule has 0 N–H and O–H groups in total. The van der Waals surface area contributed by atoms with Gasteiger partial charge >= 0.3 is 0 Å². The Hall–Kier alpha value is -3.02. The Morgan fingerprint density at radius 1 is 1.07 bits per heavy atom. The summed E-state index contributed by atoms with van der Waals surface area (Å²) in [6.45, 7) is 1.54. The van der Waals surface area contributed by atoms with Crippen molar-refractivity contribution in [1.29, 1.82) is 0 Å². The highest BCUT2D eigenvalue weighted by Crippen LogP contribution is 2.35. The molecule has 1 aliphatic rings. The Morgan fingerprint density at radius 3 is 2.30 bits per heavy atom. The van der Waals surface area contributed by atoms with Gasteiger partial charge in [0.15, 0.2) is 11.5 Å². The third kappa shape index (κ3) is 3.74. The van der Waals surface area contributed by atoms with Crippen LogP contribution in [0.2, 0.25) is 0 Å². The molecule has 1 heterocycles. The molecule has 0 unspecified atom stereocenters. The molecule has 27 heavy (non-hydrogen) atoms. The summed E-state index contributed by atoms with van der Waals surface area (Å²) in [7, 11) is 7.22. The second kappa shape index (κ2) is 7.70. The van der Waals surface area contributed by atoms with Gasteiger partial charge in [-0.1, -0.05) is 12.1 Å². The molecule has 0 aromatic heterocycles. The van der Waals surface area contributed by atoms with Crippen molar-refractivity contribution in [3.8, 4) is 11.5 Å². The molecule has 1 aliphatic heterocycles. The second-order valence-electron chi connectivity index (χ2n) is 6.69. The van der Waals surface area contributed by atoms with E-state index < -0.39 is 0 Å². The van der Waals surface area contributed by atoms with Crippen LogP contribution < -0.4 is 14.4 Å². The first kappa shape index (κ1) is 18.8. The van der Waals surface area contributed by atoms with Crippen molar-refractivity contribution < 1.29 is 14.3 Å². The molecule has 0 radical (unpaired) electrons. The van der Waals surface area contributed by atoms with Crippen molar-refractivity contribution in [3.05, 3.63) is 53.6 Å². The molecule has 6 nitrogen and oxygen atoms in total. The summed E-state index contributed by atoms with van der Waals surface area (Å²) in [5, 5.41) is 6.16. The van der Waals surface area contributed by atoms with Crippen LogP contribution in [0, 0.1) is 0 Å². The average Bonchev–Trinajstić information content (AvgIpc) is 3.13. The van der Waals surface area contributed by atoms with Crippen LogP contribution in [0.25, 0.3) is 0 Å². The van der Waals surface area contributed by atoms with Crippen LogP contribution in [0.1, 0.15) is 30.5 Å². The molecule has 0 saturated carbocycles. The summed E-state index contributed by atoms with van der Waals surface area (Å²) in [4.78, 5) is 14.2. The van der Waals surface area contributed by atoms with Gasteiger partial charge in [-0.2, -0.15) is 5.10 Å². The zero-order valence-corrected chi connectivity index (χ0v) is 16.4. The van der Waals surface area contributed by atoms with Crippen LogP contribution in [0.5, 0.6) is 11.5 Å². The van der Waals surface area contributed by atoms with Crippen molar-refractivity contribution in [3.63, 3.8) is 0 Å². The van der Waals surface area contributed by atoms with E-state index in [-0.39, 0.29) is 11.9 Å². The lowest BCUT2D eigenvalue weighted by Gasteiger charge is -2.21. The summed E-state index contributed by atoms with van der Waals surface area (Å²) in [6, 6.07) is 13.8. The van der Waals surface area contributed by atoms with E-state index in [0.29, 0.717) is 17.9 Å². The van der Waals surface area contributed by atoms with E-state index in [1.807, 2.05) is 37.2 Å². The highest BCUT2D eigenvalue weighted by Gasteiger charge is 2.31. The molecule has 0 fully saturated rings. The van der Waals surface area contributed by atoms with Crippen molar-refractivity contribution in [1.82, 2.24) is 5.01 Å². The molecule has 0 aliphatic carbocycles. The Kier molecular flexibility index (Phi) is 5.35. The molecular weight excluding hydrogens is 342 g/mol. The fourth-order valence-corrected chi connectivity index (χ4v) is 3.25. The molecule has 2 aromatic carbocycles. The van der Waals surface area contributed by atoms with Gasteiger partial charge in [0.25, 0.3) is 0 Å². The number of rotatable bonds is 5. The molecule has 0 spiro atoms. The maximum Gasteiger partial charge on any atom is 0.240 e. The Morgan fingerprint density at radius 2 is 1.74 bits per heavy atom. The lowest BCUT2D eigenvalue weighted by molar-refractivity contribution is -0.130. The molecule has 1 atom stereocenters. The summed E-state index contributed by atoms with van der Waals surface area (Å²) in [6.07, 6.45) is 0.649. The number of hydrazone groups is 1. The van der Waals surface area contributed by atoms with E-state index >= 15 is 0 Å². The fraction of sp³-hybridized carbons (Fsp3) is 0.333. The highest BCUT2D eigenvalue weighted by atomic mass is 16.5. The number of ether oxygens (including phenoxy) is 2. The second-order valence-corrected chi connectivity index (χ2v) is 6.69. The van der Waals surface area contributed by atoms with Gasteiger partial charge in [0.05, 0.1) is 26.0 Å². The van der Waals surface area contributed by atoms with Gasteiger partial charge in [0.2, 0.25) is 5.91 Å². The number of nitrogens with zero attached hydrogens (tertiary/aromatic N) is 3. The molecule has 1 amide bonds. The first-order chi connectivity index (χ1) is 12.9. The van der Waals surface area contributed by atoms with Crippen molar-refractivity contribution >= 4 is 17.3 Å². The van der Waals surface area contributed by atoms with Gasteiger partial charge < -0.3 is 14.4 Å². The first-order valence-corrected chi connectivity index (χ1v) is 8.81. The topological polar surface area (TPSA) is 54.4 Å². The predicted molar refractivity (Wildman–Crippen MR) is 107 cm³/mol. The van der Waals surface area contributed by atoms with Gasteiger partial charge in [-0.15, -0.1) is 0 Å². The predicted octanol–water partition coefficient (Wildman–Crippen LogP) is 3.47. The maximum atomic E-state index is 12.2. The SMILES string of the molecule is COc1ccc(C2=NN(C(C)=O)[C@H](c3ccc(N(C)C)cc3)C2)cc1OC. The largest absolute Gasteiger partial charge is 0.493 e. The van der Waals surface area contributed by atoms with Crippen LogP contribution >= 0.6 is 0 Å². The van der Waals surface area contributed by atoms with E-state index in [4.69, 9.17) is 9.47 Å². The Balaban J connectivity index is 1.91. The number of hydrogen-bond donors (Lipinski definition) is 0. The minimum absolute atomic E-state index is 0.0767. The third-order valence-electron chi connectivity index (χ3n) is 4.74. The standard InChI is InChI=1S/C21H25N3O3/c1-14(25)24-19(15-6-9-17(10-7-15)23(2)3)13-18(22-24)16-8-11-20(26-4)21(12-16)27-5/h6-12,19H,13H2,1-5H3/t19-/m0/s1. The molecule has 6 heteroatoms. The maximum absolute atomic E-state index is 12.2. The van der Waals surface area contributed by atoms with Crippen molar-refractivity contribution in [2.45, 2.75) is 19.4 Å². The third-order valence-corrected chi connectivity index (χ3v) is 4.74. The van der Waals surface area contributed by atoms with Crippen LogP contribution in [0.4, 0.5) is 5.69 Å². The van der Waals surface area contributed by atoms with E-state index in [1.165, 1.54) is 0 Å². The summed E-state index contributed by atoms with van der Waals surface area (Å²) in [5.41, 5.74) is 3.96. The normalized spacial score (nSPS) is 16.1. The van der Waals surface area contributed by atoms with E-state index in [2.05, 4.69) is 29.4 Å². The van der Waals surface area contributed by atoms with E-state index in [9.17, 15) is 4.79 Å². The number of amides is 1. The van der Waals surface area contributed by atoms with Gasteiger partial charge in [0, 0.05) is 38.7 Å². The molecule has 3 rings (SSSR count). The highest BCUT2D eigenvalue weighted by molar-refractivity contribution is 6.03. The van der Waals surface area contributed by atoms with Crippen LogP contribution in [0.15, 0.2) is 47.6 Å². The van der Waals surface area contributed by atoms with Crippen molar-refractivity contribution in [2.75, 3.05) is 33.2 Å². The minimum atomic E-state index is -0.109. The number of carbonyl (C=O) groups excluding carboxylic acids is 1. The number of carbonyl (C=O) groups is 1. The zero-order valence-electron chi connectivity index (χ0n) is 16.4. The van der Waals surface area contributed by atoms with Crippen molar-refractivity contribution in [2.24, 2.45) is 5.10 Å². The molecule has 2 aromatic rings. The molecule has 0 bridgehead atoms. The summed E-state index contributed by atoms with van der Waals surface area (Å²) in [5.74, 6) is 1.23. The lowest BCUT2D eigenvalue weighted by atomic mass is 9.98. The van der Waals surface area contributed by atoms with E-state index in [0.717, 1.165) is 22.5 Å². The number of hydrogen-bond acceptors (Lipinski definition) is 5. The quantitative estimate of drug-likeness (QED) is 0.812. The Labute approximate surface area is 160 Å². The first-order valence-electron chi connectivity index (χ1n) is 8.81. The van der Waals surface area contributed by atoms with Gasteiger partial charge in [-0.3, -0.25) is 4.79 Å².